The molecule has 0 saturated heterocycles. The van der Waals surface area contributed by atoms with Crippen molar-refractivity contribution in [1.29, 1.82) is 5.26 Å². The van der Waals surface area contributed by atoms with Gasteiger partial charge in [-0.3, -0.25) is 0 Å². The number of aromatic nitrogens is 3. The van der Waals surface area contributed by atoms with Crippen LogP contribution in [0.4, 0.5) is 5.13 Å². The third kappa shape index (κ3) is 2.91. The minimum absolute atomic E-state index is 0.569. The van der Waals surface area contributed by atoms with Crippen LogP contribution in [0.2, 0.25) is 0 Å². The van der Waals surface area contributed by atoms with E-state index in [1.54, 1.807) is 0 Å². The maximum absolute atomic E-state index is 8.21. The van der Waals surface area contributed by atoms with E-state index in [0.717, 1.165) is 13.0 Å². The van der Waals surface area contributed by atoms with Gasteiger partial charge in [-0.05, 0) is 11.6 Å². The molecule has 5 nitrogen and oxygen atoms in total. The van der Waals surface area contributed by atoms with Crippen LogP contribution >= 0.6 is 11.5 Å². The fraction of sp³-hybridized carbons (Fsp3) is 0.600. The third-order valence-electron chi connectivity index (χ3n) is 1.04. The SMILES string of the molecule is N#CCCCNc1nnns1. The summed E-state index contributed by atoms with van der Waals surface area (Å²) in [6.07, 6.45) is 1.40. The molecule has 1 N–H and O–H groups in total. The summed E-state index contributed by atoms with van der Waals surface area (Å²) < 4.78 is 3.57. The molecule has 0 fully saturated rings. The van der Waals surface area contributed by atoms with Crippen LogP contribution in [0.25, 0.3) is 0 Å². The molecule has 0 aliphatic carbocycles. The van der Waals surface area contributed by atoms with Gasteiger partial charge in [-0.15, -0.1) is 0 Å². The summed E-state index contributed by atoms with van der Waals surface area (Å²) >= 11 is 1.21. The molecule has 0 atom stereocenters. The number of rotatable bonds is 4. The van der Waals surface area contributed by atoms with Gasteiger partial charge in [-0.25, -0.2) is 0 Å². The number of unbranched alkanes of at least 4 members (excludes halogenated alkanes) is 1. The average molecular weight is 169 g/mol. The van der Waals surface area contributed by atoms with E-state index in [0.29, 0.717) is 11.6 Å². The highest BCUT2D eigenvalue weighted by Gasteiger charge is 1.93. The van der Waals surface area contributed by atoms with Gasteiger partial charge in [0.25, 0.3) is 0 Å². The Morgan fingerprint density at radius 2 is 2.55 bits per heavy atom. The molecule has 1 aromatic heterocycles. The fourth-order valence-electron chi connectivity index (χ4n) is 0.564. The van der Waals surface area contributed by atoms with Crippen LogP contribution in [0.5, 0.6) is 0 Å². The van der Waals surface area contributed by atoms with E-state index in [-0.39, 0.29) is 0 Å². The van der Waals surface area contributed by atoms with E-state index in [1.807, 2.05) is 0 Å². The molecule has 58 valence electrons. The zero-order chi connectivity index (χ0) is 7.94. The smallest absolute Gasteiger partial charge is 0.225 e. The second-order valence-corrected chi connectivity index (χ2v) is 2.59. The molecule has 0 bridgehead atoms. The van der Waals surface area contributed by atoms with Gasteiger partial charge in [-0.2, -0.15) is 5.26 Å². The Morgan fingerprint density at radius 3 is 3.18 bits per heavy atom. The summed E-state index contributed by atoms with van der Waals surface area (Å²) in [4.78, 5) is 0. The van der Waals surface area contributed by atoms with E-state index >= 15 is 0 Å². The Morgan fingerprint density at radius 1 is 1.64 bits per heavy atom. The van der Waals surface area contributed by atoms with Gasteiger partial charge in [0.05, 0.1) is 6.07 Å². The van der Waals surface area contributed by atoms with Crippen LogP contribution in [-0.2, 0) is 0 Å². The monoisotopic (exact) mass is 169 g/mol. The number of nitrogens with one attached hydrogen (secondary N) is 1. The number of nitrogens with zero attached hydrogens (tertiary/aromatic N) is 4. The van der Waals surface area contributed by atoms with Crippen molar-refractivity contribution in [2.75, 3.05) is 11.9 Å². The maximum atomic E-state index is 8.21. The zero-order valence-corrected chi connectivity index (χ0v) is 6.63. The molecular formula is C5H7N5S. The molecule has 0 radical (unpaired) electrons. The van der Waals surface area contributed by atoms with Crippen LogP contribution in [0, 0.1) is 11.3 Å². The Labute approximate surface area is 68.2 Å². The standard InChI is InChI=1S/C5H7N5S/c6-3-1-2-4-7-5-8-9-10-11-5/h1-2,4H2,(H,7,8,10). The predicted octanol–water partition coefficient (Wildman–Crippen LogP) is 0.649. The van der Waals surface area contributed by atoms with Crippen LogP contribution in [0.15, 0.2) is 0 Å². The third-order valence-corrected chi connectivity index (χ3v) is 1.59. The van der Waals surface area contributed by atoms with Gasteiger partial charge >= 0.3 is 0 Å². The van der Waals surface area contributed by atoms with E-state index in [9.17, 15) is 0 Å². The lowest BCUT2D eigenvalue weighted by atomic mass is 10.3. The largest absolute Gasteiger partial charge is 0.359 e. The van der Waals surface area contributed by atoms with Gasteiger partial charge in [0.15, 0.2) is 0 Å². The minimum Gasteiger partial charge on any atom is -0.359 e. The van der Waals surface area contributed by atoms with Crippen molar-refractivity contribution in [3.8, 4) is 6.07 Å². The predicted molar refractivity (Wildman–Crippen MR) is 41.0 cm³/mol. The Bertz CT molecular complexity index is 226. The molecule has 0 spiro atoms. The Balaban J connectivity index is 2.10. The van der Waals surface area contributed by atoms with Crippen molar-refractivity contribution in [2.45, 2.75) is 12.8 Å². The highest BCUT2D eigenvalue weighted by molar-refractivity contribution is 7.09. The molecule has 1 heterocycles. The fourth-order valence-corrected chi connectivity index (χ4v) is 0.954. The van der Waals surface area contributed by atoms with Gasteiger partial charge in [-0.1, -0.05) is 9.59 Å². The second kappa shape index (κ2) is 4.57. The summed E-state index contributed by atoms with van der Waals surface area (Å²) in [5.41, 5.74) is 0. The molecule has 0 aliphatic rings. The Kier molecular flexibility index (Phi) is 3.28. The zero-order valence-electron chi connectivity index (χ0n) is 5.82. The molecule has 0 saturated carbocycles. The second-order valence-electron chi connectivity index (χ2n) is 1.86. The molecule has 1 aromatic rings. The highest BCUT2D eigenvalue weighted by Crippen LogP contribution is 2.03. The summed E-state index contributed by atoms with van der Waals surface area (Å²) in [5.74, 6) is 0. The lowest BCUT2D eigenvalue weighted by Crippen LogP contribution is -2.00. The van der Waals surface area contributed by atoms with Gasteiger partial charge in [0.2, 0.25) is 5.13 Å². The van der Waals surface area contributed by atoms with Crippen molar-refractivity contribution in [3.63, 3.8) is 0 Å². The Hall–Kier alpha value is -1.22. The molecule has 0 aromatic carbocycles. The first-order valence-electron chi connectivity index (χ1n) is 3.19. The molecule has 6 heteroatoms. The molecule has 1 rings (SSSR count). The normalized spacial score (nSPS) is 9.00. The molecule has 0 unspecified atom stereocenters. The minimum atomic E-state index is 0.569. The van der Waals surface area contributed by atoms with Crippen LogP contribution < -0.4 is 5.32 Å². The van der Waals surface area contributed by atoms with E-state index < -0.39 is 0 Å². The lowest BCUT2D eigenvalue weighted by molar-refractivity contribution is 0.884. The van der Waals surface area contributed by atoms with Gasteiger partial charge < -0.3 is 5.32 Å². The van der Waals surface area contributed by atoms with Crippen molar-refractivity contribution in [3.05, 3.63) is 0 Å². The lowest BCUT2D eigenvalue weighted by Gasteiger charge is -1.95. The number of nitriles is 1. The van der Waals surface area contributed by atoms with Crippen molar-refractivity contribution in [2.24, 2.45) is 0 Å². The number of hydrogen-bond acceptors (Lipinski definition) is 6. The average Bonchev–Trinajstić information content (AvgIpc) is 2.50. The van der Waals surface area contributed by atoms with Crippen LogP contribution in [-0.4, -0.2) is 21.3 Å². The maximum Gasteiger partial charge on any atom is 0.225 e. The topological polar surface area (TPSA) is 74.5 Å². The van der Waals surface area contributed by atoms with Crippen LogP contribution in [0.1, 0.15) is 12.8 Å². The van der Waals surface area contributed by atoms with Crippen molar-refractivity contribution < 1.29 is 0 Å². The van der Waals surface area contributed by atoms with E-state index in [4.69, 9.17) is 5.26 Å². The summed E-state index contributed by atoms with van der Waals surface area (Å²) in [6.45, 7) is 0.754. The first-order chi connectivity index (χ1) is 5.43. The first-order valence-corrected chi connectivity index (χ1v) is 3.96. The summed E-state index contributed by atoms with van der Waals surface area (Å²) in [7, 11) is 0. The molecule has 11 heavy (non-hydrogen) atoms. The van der Waals surface area contributed by atoms with E-state index in [2.05, 4.69) is 26.2 Å². The van der Waals surface area contributed by atoms with Gasteiger partial charge in [0.1, 0.15) is 0 Å². The van der Waals surface area contributed by atoms with Crippen LogP contribution in [0.3, 0.4) is 0 Å². The van der Waals surface area contributed by atoms with Crippen molar-refractivity contribution in [1.82, 2.24) is 14.8 Å². The quantitative estimate of drug-likeness (QED) is 0.670. The first kappa shape index (κ1) is 7.88. The highest BCUT2D eigenvalue weighted by atomic mass is 32.1. The number of hydrogen-bond donors (Lipinski definition) is 1. The number of anilines is 1. The van der Waals surface area contributed by atoms with Crippen molar-refractivity contribution >= 4 is 16.7 Å². The summed E-state index contributed by atoms with van der Waals surface area (Å²) in [5, 5.41) is 19.0. The summed E-state index contributed by atoms with van der Waals surface area (Å²) in [6, 6.07) is 2.06. The molecule has 0 aliphatic heterocycles. The van der Waals surface area contributed by atoms with Gasteiger partial charge in [0, 0.05) is 24.5 Å². The molecule has 0 amide bonds. The molecular weight excluding hydrogens is 162 g/mol. The van der Waals surface area contributed by atoms with E-state index in [1.165, 1.54) is 11.5 Å².